The molecule has 0 unspecified atom stereocenters. The average Bonchev–Trinajstić information content (AvgIpc) is 2.41. The summed E-state index contributed by atoms with van der Waals surface area (Å²) in [5, 5.41) is 0. The van der Waals surface area contributed by atoms with Gasteiger partial charge in [-0.3, -0.25) is 0 Å². The maximum Gasteiger partial charge on any atom is 0.122 e. The maximum atomic E-state index is 5.94. The molecule has 20 heavy (non-hydrogen) atoms. The lowest BCUT2D eigenvalue weighted by Gasteiger charge is -2.13. The van der Waals surface area contributed by atoms with Crippen LogP contribution in [0.25, 0.3) is 0 Å². The minimum Gasteiger partial charge on any atom is -0.489 e. The predicted molar refractivity (Wildman–Crippen MR) is 88.2 cm³/mol. The molecule has 0 amide bonds. The molecular formula is C17H20BrNO. The summed E-state index contributed by atoms with van der Waals surface area (Å²) in [6, 6.07) is 12.3. The molecule has 0 bridgehead atoms. The fourth-order valence-electron chi connectivity index (χ4n) is 1.98. The second-order valence-electron chi connectivity index (χ2n) is 5.32. The van der Waals surface area contributed by atoms with Crippen molar-refractivity contribution in [2.24, 2.45) is 0 Å². The number of nitrogens with two attached hydrogens (primary N) is 1. The van der Waals surface area contributed by atoms with E-state index in [1.807, 2.05) is 18.2 Å². The third kappa shape index (κ3) is 3.54. The van der Waals surface area contributed by atoms with Gasteiger partial charge in [0.05, 0.1) is 0 Å². The van der Waals surface area contributed by atoms with E-state index in [-0.39, 0.29) is 0 Å². The van der Waals surface area contributed by atoms with Crippen LogP contribution in [0, 0.1) is 6.92 Å². The molecule has 0 spiro atoms. The molecule has 0 radical (unpaired) electrons. The zero-order chi connectivity index (χ0) is 14.7. The summed E-state index contributed by atoms with van der Waals surface area (Å²) in [6.45, 7) is 6.96. The van der Waals surface area contributed by atoms with E-state index >= 15 is 0 Å². The van der Waals surface area contributed by atoms with Crippen LogP contribution >= 0.6 is 15.9 Å². The first-order valence-corrected chi connectivity index (χ1v) is 7.54. The van der Waals surface area contributed by atoms with Gasteiger partial charge in [0.1, 0.15) is 12.4 Å². The van der Waals surface area contributed by atoms with Crippen LogP contribution in [0.2, 0.25) is 0 Å². The Balaban J connectivity index is 2.13. The SMILES string of the molecule is Cc1ccc(C(C)C)cc1OCc1ccc(Br)c(N)c1. The topological polar surface area (TPSA) is 35.2 Å². The van der Waals surface area contributed by atoms with Gasteiger partial charge in [0.25, 0.3) is 0 Å². The van der Waals surface area contributed by atoms with E-state index in [0.717, 1.165) is 27.0 Å². The lowest BCUT2D eigenvalue weighted by molar-refractivity contribution is 0.303. The van der Waals surface area contributed by atoms with Gasteiger partial charge in [0.2, 0.25) is 0 Å². The van der Waals surface area contributed by atoms with Gasteiger partial charge in [-0.1, -0.05) is 32.0 Å². The normalized spacial score (nSPS) is 10.8. The molecule has 0 aliphatic rings. The van der Waals surface area contributed by atoms with E-state index < -0.39 is 0 Å². The molecule has 0 heterocycles. The van der Waals surface area contributed by atoms with Crippen molar-refractivity contribution in [1.82, 2.24) is 0 Å². The Morgan fingerprint density at radius 2 is 1.90 bits per heavy atom. The Labute approximate surface area is 129 Å². The smallest absolute Gasteiger partial charge is 0.122 e. The van der Waals surface area contributed by atoms with E-state index in [9.17, 15) is 0 Å². The van der Waals surface area contributed by atoms with E-state index in [4.69, 9.17) is 10.5 Å². The highest BCUT2D eigenvalue weighted by molar-refractivity contribution is 9.10. The summed E-state index contributed by atoms with van der Waals surface area (Å²) in [5.41, 5.74) is 10.1. The Hall–Kier alpha value is -1.48. The number of hydrogen-bond donors (Lipinski definition) is 1. The first-order chi connectivity index (χ1) is 9.47. The van der Waals surface area contributed by atoms with Crippen LogP contribution < -0.4 is 10.5 Å². The highest BCUT2D eigenvalue weighted by Crippen LogP contribution is 2.26. The van der Waals surface area contributed by atoms with Crippen LogP contribution in [0.1, 0.15) is 36.5 Å². The van der Waals surface area contributed by atoms with Crippen molar-refractivity contribution in [2.45, 2.75) is 33.3 Å². The van der Waals surface area contributed by atoms with Crippen molar-refractivity contribution in [3.05, 3.63) is 57.6 Å². The highest BCUT2D eigenvalue weighted by Gasteiger charge is 2.06. The molecule has 0 saturated carbocycles. The molecule has 2 aromatic carbocycles. The fourth-order valence-corrected chi connectivity index (χ4v) is 2.22. The molecule has 0 saturated heterocycles. The van der Waals surface area contributed by atoms with Gasteiger partial charge >= 0.3 is 0 Å². The Morgan fingerprint density at radius 1 is 1.15 bits per heavy atom. The Kier molecular flexibility index (Phi) is 4.71. The number of nitrogen functional groups attached to an aromatic ring is 1. The van der Waals surface area contributed by atoms with E-state index in [1.165, 1.54) is 5.56 Å². The highest BCUT2D eigenvalue weighted by atomic mass is 79.9. The number of halogens is 1. The van der Waals surface area contributed by atoms with Crippen LogP contribution in [-0.4, -0.2) is 0 Å². The van der Waals surface area contributed by atoms with Crippen LogP contribution in [0.4, 0.5) is 5.69 Å². The largest absolute Gasteiger partial charge is 0.489 e. The average molecular weight is 334 g/mol. The van der Waals surface area contributed by atoms with Crippen LogP contribution in [0.5, 0.6) is 5.75 Å². The van der Waals surface area contributed by atoms with Crippen molar-refractivity contribution in [1.29, 1.82) is 0 Å². The second kappa shape index (κ2) is 6.31. The lowest BCUT2D eigenvalue weighted by atomic mass is 10.0. The summed E-state index contributed by atoms with van der Waals surface area (Å²) >= 11 is 3.40. The molecule has 0 fully saturated rings. The molecule has 2 nitrogen and oxygen atoms in total. The zero-order valence-electron chi connectivity index (χ0n) is 12.1. The van der Waals surface area contributed by atoms with Crippen molar-refractivity contribution in [3.8, 4) is 5.75 Å². The van der Waals surface area contributed by atoms with Gasteiger partial charge in [-0.15, -0.1) is 0 Å². The van der Waals surface area contributed by atoms with Crippen LogP contribution in [0.3, 0.4) is 0 Å². The molecule has 0 aliphatic heterocycles. The summed E-state index contributed by atoms with van der Waals surface area (Å²) < 4.78 is 6.85. The standard InChI is InChI=1S/C17H20BrNO/c1-11(2)14-6-4-12(3)17(9-14)20-10-13-5-7-15(18)16(19)8-13/h4-9,11H,10,19H2,1-3H3. The number of anilines is 1. The van der Waals surface area contributed by atoms with Gasteiger partial charge < -0.3 is 10.5 Å². The summed E-state index contributed by atoms with van der Waals surface area (Å²) in [5.74, 6) is 1.44. The van der Waals surface area contributed by atoms with Crippen molar-refractivity contribution >= 4 is 21.6 Å². The monoisotopic (exact) mass is 333 g/mol. The summed E-state index contributed by atoms with van der Waals surface area (Å²) in [6.07, 6.45) is 0. The van der Waals surface area contributed by atoms with Gasteiger partial charge in [-0.05, 0) is 63.7 Å². The van der Waals surface area contributed by atoms with E-state index in [1.54, 1.807) is 0 Å². The van der Waals surface area contributed by atoms with Crippen molar-refractivity contribution in [2.75, 3.05) is 5.73 Å². The maximum absolute atomic E-state index is 5.94. The first-order valence-electron chi connectivity index (χ1n) is 6.74. The Bertz CT molecular complexity index is 608. The third-order valence-corrected chi connectivity index (χ3v) is 4.06. The van der Waals surface area contributed by atoms with Crippen molar-refractivity contribution in [3.63, 3.8) is 0 Å². The minimum absolute atomic E-state index is 0.501. The van der Waals surface area contributed by atoms with Gasteiger partial charge in [0, 0.05) is 10.2 Å². The van der Waals surface area contributed by atoms with Gasteiger partial charge in [-0.25, -0.2) is 0 Å². The van der Waals surface area contributed by atoms with Crippen LogP contribution in [0.15, 0.2) is 40.9 Å². The molecule has 0 aliphatic carbocycles. The van der Waals surface area contributed by atoms with E-state index in [2.05, 4.69) is 54.9 Å². The number of hydrogen-bond acceptors (Lipinski definition) is 2. The number of ether oxygens (including phenoxy) is 1. The number of aryl methyl sites for hydroxylation is 1. The second-order valence-corrected chi connectivity index (χ2v) is 6.18. The Morgan fingerprint density at radius 3 is 2.55 bits per heavy atom. The molecule has 106 valence electrons. The summed E-state index contributed by atoms with van der Waals surface area (Å²) in [7, 11) is 0. The third-order valence-electron chi connectivity index (χ3n) is 3.33. The van der Waals surface area contributed by atoms with E-state index in [0.29, 0.717) is 12.5 Å². The van der Waals surface area contributed by atoms with Crippen LogP contribution in [-0.2, 0) is 6.61 Å². The molecule has 0 aromatic heterocycles. The fraction of sp³-hybridized carbons (Fsp3) is 0.294. The van der Waals surface area contributed by atoms with Gasteiger partial charge in [-0.2, -0.15) is 0 Å². The van der Waals surface area contributed by atoms with Crippen molar-refractivity contribution < 1.29 is 4.74 Å². The molecule has 0 atom stereocenters. The first kappa shape index (κ1) is 14.9. The number of benzene rings is 2. The van der Waals surface area contributed by atoms with Gasteiger partial charge in [0.15, 0.2) is 0 Å². The molecule has 2 rings (SSSR count). The molecular weight excluding hydrogens is 314 g/mol. The molecule has 2 N–H and O–H groups in total. The quantitative estimate of drug-likeness (QED) is 0.795. The number of rotatable bonds is 4. The summed E-state index contributed by atoms with van der Waals surface area (Å²) in [4.78, 5) is 0. The lowest BCUT2D eigenvalue weighted by Crippen LogP contribution is -1.99. The minimum atomic E-state index is 0.501. The predicted octanol–water partition coefficient (Wildman–Crippen LogP) is 5.04. The zero-order valence-corrected chi connectivity index (χ0v) is 13.7. The molecule has 2 aromatic rings. The molecule has 3 heteroatoms.